The fourth-order valence-electron chi connectivity index (χ4n) is 2.16. The molecule has 2 N–H and O–H groups in total. The third-order valence-corrected chi connectivity index (χ3v) is 3.99. The molecule has 1 aliphatic rings. The van der Waals surface area contributed by atoms with Crippen LogP contribution in [0.2, 0.25) is 0 Å². The number of carbonyl (C=O) groups is 2. The Morgan fingerprint density at radius 3 is 2.75 bits per heavy atom. The molecule has 1 unspecified atom stereocenters. The third kappa shape index (κ3) is 2.43. The highest BCUT2D eigenvalue weighted by Crippen LogP contribution is 2.33. The second kappa shape index (κ2) is 4.94. The van der Waals surface area contributed by atoms with Crippen LogP contribution in [-0.4, -0.2) is 23.0 Å². The van der Waals surface area contributed by atoms with Crippen molar-refractivity contribution in [1.29, 1.82) is 0 Å². The minimum atomic E-state index is -1.00. The lowest BCUT2D eigenvalue weighted by atomic mass is 10.2. The van der Waals surface area contributed by atoms with E-state index in [0.29, 0.717) is 5.58 Å². The molecular formula is C14H12BrNO4. The molecule has 0 aliphatic heterocycles. The van der Waals surface area contributed by atoms with Crippen molar-refractivity contribution in [1.82, 2.24) is 5.32 Å². The molecule has 0 spiro atoms. The van der Waals surface area contributed by atoms with Crippen LogP contribution in [0.4, 0.5) is 0 Å². The van der Waals surface area contributed by atoms with E-state index in [9.17, 15) is 9.59 Å². The SMILES string of the molecule is O=C(NC(C(=O)O)C1CC1)c1cc2cccc(Br)c2o1. The number of furan rings is 1. The van der Waals surface area contributed by atoms with Crippen molar-refractivity contribution >= 4 is 38.8 Å². The van der Waals surface area contributed by atoms with E-state index in [4.69, 9.17) is 9.52 Å². The maximum Gasteiger partial charge on any atom is 0.326 e. The van der Waals surface area contributed by atoms with Crippen molar-refractivity contribution in [3.63, 3.8) is 0 Å². The number of halogens is 1. The van der Waals surface area contributed by atoms with E-state index in [1.54, 1.807) is 6.07 Å². The number of benzene rings is 1. The zero-order valence-corrected chi connectivity index (χ0v) is 12.0. The average molecular weight is 338 g/mol. The van der Waals surface area contributed by atoms with Crippen molar-refractivity contribution in [3.05, 3.63) is 34.5 Å². The molecule has 1 aromatic carbocycles. The van der Waals surface area contributed by atoms with Crippen molar-refractivity contribution in [2.45, 2.75) is 18.9 Å². The number of fused-ring (bicyclic) bond motifs is 1. The number of aliphatic carboxylic acids is 1. The molecular weight excluding hydrogens is 326 g/mol. The first kappa shape index (κ1) is 13.2. The quantitative estimate of drug-likeness (QED) is 0.898. The second-order valence-corrected chi connectivity index (χ2v) is 5.75. The maximum atomic E-state index is 12.1. The van der Waals surface area contributed by atoms with Crippen molar-refractivity contribution in [2.24, 2.45) is 5.92 Å². The summed E-state index contributed by atoms with van der Waals surface area (Å²) in [6.45, 7) is 0. The summed E-state index contributed by atoms with van der Waals surface area (Å²) in [6, 6.07) is 6.27. The van der Waals surface area contributed by atoms with E-state index in [2.05, 4.69) is 21.2 Å². The molecule has 1 fully saturated rings. The molecule has 104 valence electrons. The van der Waals surface area contributed by atoms with Gasteiger partial charge in [0.2, 0.25) is 0 Å². The Morgan fingerprint density at radius 2 is 2.15 bits per heavy atom. The molecule has 1 aromatic heterocycles. The van der Waals surface area contributed by atoms with Crippen molar-refractivity contribution in [2.75, 3.05) is 0 Å². The van der Waals surface area contributed by atoms with Crippen LogP contribution < -0.4 is 5.32 Å². The highest BCUT2D eigenvalue weighted by atomic mass is 79.9. The van der Waals surface area contributed by atoms with Gasteiger partial charge in [-0.25, -0.2) is 4.79 Å². The van der Waals surface area contributed by atoms with Gasteiger partial charge in [0.05, 0.1) is 4.47 Å². The zero-order chi connectivity index (χ0) is 14.3. The lowest BCUT2D eigenvalue weighted by molar-refractivity contribution is -0.139. The Kier molecular flexibility index (Phi) is 3.25. The lowest BCUT2D eigenvalue weighted by Crippen LogP contribution is -2.42. The summed E-state index contributed by atoms with van der Waals surface area (Å²) in [7, 11) is 0. The molecule has 1 saturated carbocycles. The maximum absolute atomic E-state index is 12.1. The van der Waals surface area contributed by atoms with E-state index < -0.39 is 17.9 Å². The average Bonchev–Trinajstić information content (AvgIpc) is 3.13. The number of carbonyl (C=O) groups excluding carboxylic acids is 1. The number of para-hydroxylation sites is 1. The van der Waals surface area contributed by atoms with Gasteiger partial charge in [-0.05, 0) is 46.8 Å². The van der Waals surface area contributed by atoms with E-state index >= 15 is 0 Å². The summed E-state index contributed by atoms with van der Waals surface area (Å²) in [5.74, 6) is -1.34. The molecule has 6 heteroatoms. The standard InChI is InChI=1S/C14H12BrNO4/c15-9-3-1-2-8-6-10(20-12(8)9)13(17)16-11(14(18)19)7-4-5-7/h1-3,6-7,11H,4-5H2,(H,16,17)(H,18,19). The molecule has 0 bridgehead atoms. The zero-order valence-electron chi connectivity index (χ0n) is 10.4. The van der Waals surface area contributed by atoms with Gasteiger partial charge >= 0.3 is 5.97 Å². The Bertz CT molecular complexity index is 690. The molecule has 1 amide bonds. The van der Waals surface area contributed by atoms with Crippen LogP contribution in [-0.2, 0) is 4.79 Å². The van der Waals surface area contributed by atoms with Crippen LogP contribution in [0.3, 0.4) is 0 Å². The first-order chi connectivity index (χ1) is 9.56. The molecule has 0 radical (unpaired) electrons. The molecule has 3 rings (SSSR count). The number of rotatable bonds is 4. The fourth-order valence-corrected chi connectivity index (χ4v) is 2.63. The summed E-state index contributed by atoms with van der Waals surface area (Å²) in [5.41, 5.74) is 0.580. The van der Waals surface area contributed by atoms with Gasteiger partial charge in [-0.2, -0.15) is 0 Å². The van der Waals surface area contributed by atoms with Gasteiger partial charge in [-0.3, -0.25) is 4.79 Å². The number of carboxylic acids is 1. The van der Waals surface area contributed by atoms with E-state index in [1.807, 2.05) is 18.2 Å². The van der Waals surface area contributed by atoms with Gasteiger partial charge in [0.15, 0.2) is 5.76 Å². The van der Waals surface area contributed by atoms with Crippen LogP contribution in [0.1, 0.15) is 23.4 Å². The molecule has 1 atom stereocenters. The Morgan fingerprint density at radius 1 is 1.40 bits per heavy atom. The van der Waals surface area contributed by atoms with Crippen LogP contribution in [0, 0.1) is 5.92 Å². The first-order valence-corrected chi connectivity index (χ1v) is 7.07. The number of hydrogen-bond acceptors (Lipinski definition) is 3. The van der Waals surface area contributed by atoms with Crippen molar-refractivity contribution < 1.29 is 19.1 Å². The minimum Gasteiger partial charge on any atom is -0.480 e. The molecule has 1 aliphatic carbocycles. The molecule has 0 saturated heterocycles. The topological polar surface area (TPSA) is 79.5 Å². The second-order valence-electron chi connectivity index (χ2n) is 4.90. The van der Waals surface area contributed by atoms with E-state index in [-0.39, 0.29) is 11.7 Å². The molecule has 20 heavy (non-hydrogen) atoms. The Labute approximate surface area is 123 Å². The highest BCUT2D eigenvalue weighted by molar-refractivity contribution is 9.10. The van der Waals surface area contributed by atoms with Gasteiger partial charge in [0.25, 0.3) is 5.91 Å². The minimum absolute atomic E-state index is 0.0348. The largest absolute Gasteiger partial charge is 0.480 e. The van der Waals surface area contributed by atoms with Crippen LogP contribution in [0.5, 0.6) is 0 Å². The summed E-state index contributed by atoms with van der Waals surface area (Å²) in [4.78, 5) is 23.2. The summed E-state index contributed by atoms with van der Waals surface area (Å²) in [5, 5.41) is 12.4. The Balaban J connectivity index is 1.85. The van der Waals surface area contributed by atoms with Gasteiger partial charge in [-0.15, -0.1) is 0 Å². The monoisotopic (exact) mass is 337 g/mol. The molecule has 1 heterocycles. The molecule has 5 nitrogen and oxygen atoms in total. The van der Waals surface area contributed by atoms with Gasteiger partial charge < -0.3 is 14.8 Å². The van der Waals surface area contributed by atoms with E-state index in [1.165, 1.54) is 0 Å². The van der Waals surface area contributed by atoms with E-state index in [0.717, 1.165) is 22.7 Å². The predicted octanol–water partition coefficient (Wildman–Crippen LogP) is 2.79. The number of nitrogens with one attached hydrogen (secondary N) is 1. The third-order valence-electron chi connectivity index (χ3n) is 3.37. The summed E-state index contributed by atoms with van der Waals surface area (Å²) >= 11 is 3.35. The van der Waals surface area contributed by atoms with Crippen LogP contribution in [0.15, 0.2) is 33.2 Å². The number of carboxylic acid groups (broad SMARTS) is 1. The smallest absolute Gasteiger partial charge is 0.326 e. The number of amides is 1. The van der Waals surface area contributed by atoms with Gasteiger partial charge in [-0.1, -0.05) is 12.1 Å². The highest BCUT2D eigenvalue weighted by Gasteiger charge is 2.37. The van der Waals surface area contributed by atoms with Crippen molar-refractivity contribution in [3.8, 4) is 0 Å². The lowest BCUT2D eigenvalue weighted by Gasteiger charge is -2.11. The normalized spacial score (nSPS) is 16.1. The summed E-state index contributed by atoms with van der Waals surface area (Å²) < 4.78 is 6.25. The van der Waals surface area contributed by atoms with Crippen LogP contribution >= 0.6 is 15.9 Å². The van der Waals surface area contributed by atoms with Gasteiger partial charge in [0.1, 0.15) is 11.6 Å². The van der Waals surface area contributed by atoms with Gasteiger partial charge in [0, 0.05) is 5.39 Å². The number of hydrogen-bond donors (Lipinski definition) is 2. The Hall–Kier alpha value is -1.82. The fraction of sp³-hybridized carbons (Fsp3) is 0.286. The first-order valence-electron chi connectivity index (χ1n) is 6.28. The molecule has 2 aromatic rings. The van der Waals surface area contributed by atoms with Crippen LogP contribution in [0.25, 0.3) is 11.0 Å². The summed E-state index contributed by atoms with van der Waals surface area (Å²) in [6.07, 6.45) is 1.67. The predicted molar refractivity (Wildman–Crippen MR) is 75.5 cm³/mol.